The fourth-order valence-corrected chi connectivity index (χ4v) is 1.68. The molecule has 0 spiro atoms. The van der Waals surface area contributed by atoms with Crippen LogP contribution in [0.2, 0.25) is 0 Å². The van der Waals surface area contributed by atoms with Gasteiger partial charge in [0.05, 0.1) is 13.1 Å². The molecule has 0 aliphatic rings. The summed E-state index contributed by atoms with van der Waals surface area (Å²) >= 11 is 0. The molecule has 0 bridgehead atoms. The van der Waals surface area contributed by atoms with Crippen LogP contribution >= 0.6 is 0 Å². The van der Waals surface area contributed by atoms with Gasteiger partial charge in [-0.15, -0.1) is 0 Å². The summed E-state index contributed by atoms with van der Waals surface area (Å²) in [5.74, 6) is 5.17. The maximum absolute atomic E-state index is 12.0. The van der Waals surface area contributed by atoms with Crippen LogP contribution in [0.15, 0.2) is 18.2 Å². The SMILES string of the molecule is Cc1ccc(C(=O)NCC(=O)NC(C)C)cc1C#CCN. The summed E-state index contributed by atoms with van der Waals surface area (Å²) in [5.41, 5.74) is 7.56. The second-order valence-electron chi connectivity index (χ2n) is 4.94. The lowest BCUT2D eigenvalue weighted by atomic mass is 10.0. The first-order valence-corrected chi connectivity index (χ1v) is 6.81. The Morgan fingerprint density at radius 3 is 2.67 bits per heavy atom. The summed E-state index contributed by atoms with van der Waals surface area (Å²) in [4.78, 5) is 23.5. The maximum Gasteiger partial charge on any atom is 0.251 e. The van der Waals surface area contributed by atoms with Crippen LogP contribution in [-0.4, -0.2) is 30.9 Å². The zero-order valence-electron chi connectivity index (χ0n) is 12.6. The molecule has 0 aliphatic carbocycles. The summed E-state index contributed by atoms with van der Waals surface area (Å²) in [6.07, 6.45) is 0. The highest BCUT2D eigenvalue weighted by atomic mass is 16.2. The molecule has 0 atom stereocenters. The first kappa shape index (κ1) is 16.7. The number of nitrogens with two attached hydrogens (primary N) is 1. The lowest BCUT2D eigenvalue weighted by Crippen LogP contribution is -2.39. The standard InChI is InChI=1S/C16H21N3O2/c1-11(2)19-15(20)10-18-16(21)14-7-6-12(3)13(9-14)5-4-8-17/h6-7,9,11H,8,10,17H2,1-3H3,(H,18,21)(H,19,20). The van der Waals surface area contributed by atoms with E-state index in [0.717, 1.165) is 11.1 Å². The van der Waals surface area contributed by atoms with E-state index >= 15 is 0 Å². The highest BCUT2D eigenvalue weighted by molar-refractivity contribution is 5.96. The fraction of sp³-hybridized carbons (Fsp3) is 0.375. The minimum absolute atomic E-state index is 0.0469. The van der Waals surface area contributed by atoms with Crippen LogP contribution in [0.5, 0.6) is 0 Å². The van der Waals surface area contributed by atoms with Gasteiger partial charge in [-0.1, -0.05) is 17.9 Å². The molecule has 4 N–H and O–H groups in total. The molecule has 0 saturated heterocycles. The van der Waals surface area contributed by atoms with Crippen molar-refractivity contribution >= 4 is 11.8 Å². The molecule has 0 radical (unpaired) electrons. The molecule has 1 rings (SSSR count). The van der Waals surface area contributed by atoms with Gasteiger partial charge in [-0.05, 0) is 38.5 Å². The maximum atomic E-state index is 12.0. The number of nitrogens with one attached hydrogen (secondary N) is 2. The monoisotopic (exact) mass is 287 g/mol. The third-order valence-corrected chi connectivity index (χ3v) is 2.68. The van der Waals surface area contributed by atoms with Crippen LogP contribution < -0.4 is 16.4 Å². The van der Waals surface area contributed by atoms with E-state index in [9.17, 15) is 9.59 Å². The molecule has 0 aliphatic heterocycles. The summed E-state index contributed by atoms with van der Waals surface area (Å²) in [6, 6.07) is 5.28. The molecule has 1 aromatic carbocycles. The van der Waals surface area contributed by atoms with Crippen LogP contribution in [0.4, 0.5) is 0 Å². The van der Waals surface area contributed by atoms with Crippen molar-refractivity contribution in [1.82, 2.24) is 10.6 Å². The van der Waals surface area contributed by atoms with Crippen molar-refractivity contribution < 1.29 is 9.59 Å². The van der Waals surface area contributed by atoms with E-state index in [2.05, 4.69) is 22.5 Å². The Kier molecular flexibility index (Phi) is 6.44. The normalized spacial score (nSPS) is 9.76. The molecule has 5 heteroatoms. The Labute approximate surface area is 125 Å². The largest absolute Gasteiger partial charge is 0.352 e. The van der Waals surface area contributed by atoms with Crippen LogP contribution in [0, 0.1) is 18.8 Å². The quantitative estimate of drug-likeness (QED) is 0.707. The molecule has 2 amide bonds. The van der Waals surface area contributed by atoms with Crippen molar-refractivity contribution in [3.63, 3.8) is 0 Å². The van der Waals surface area contributed by atoms with Crippen LogP contribution in [0.3, 0.4) is 0 Å². The lowest BCUT2D eigenvalue weighted by molar-refractivity contribution is -0.120. The molecule has 0 heterocycles. The minimum atomic E-state index is -0.301. The van der Waals surface area contributed by atoms with E-state index in [0.29, 0.717) is 5.56 Å². The van der Waals surface area contributed by atoms with Crippen molar-refractivity contribution in [1.29, 1.82) is 0 Å². The molecule has 5 nitrogen and oxygen atoms in total. The molecule has 112 valence electrons. The van der Waals surface area contributed by atoms with E-state index in [-0.39, 0.29) is 30.9 Å². The van der Waals surface area contributed by atoms with Crippen LogP contribution in [0.1, 0.15) is 35.3 Å². The molecule has 0 aromatic heterocycles. The topological polar surface area (TPSA) is 84.2 Å². The van der Waals surface area contributed by atoms with Gasteiger partial charge in [-0.25, -0.2) is 0 Å². The number of rotatable bonds is 4. The second-order valence-corrected chi connectivity index (χ2v) is 4.94. The van der Waals surface area contributed by atoms with Gasteiger partial charge in [0.2, 0.25) is 5.91 Å². The lowest BCUT2D eigenvalue weighted by Gasteiger charge is -2.09. The molecular weight excluding hydrogens is 266 g/mol. The minimum Gasteiger partial charge on any atom is -0.352 e. The zero-order chi connectivity index (χ0) is 15.8. The Bertz CT molecular complexity index is 583. The molecule has 21 heavy (non-hydrogen) atoms. The highest BCUT2D eigenvalue weighted by Crippen LogP contribution is 2.10. The van der Waals surface area contributed by atoms with Gasteiger partial charge >= 0.3 is 0 Å². The smallest absolute Gasteiger partial charge is 0.251 e. The number of hydrogen-bond donors (Lipinski definition) is 3. The second kappa shape index (κ2) is 8.08. The molecule has 1 aromatic rings. The predicted octanol–water partition coefficient (Wildman–Crippen LogP) is 0.560. The predicted molar refractivity (Wildman–Crippen MR) is 82.7 cm³/mol. The zero-order valence-corrected chi connectivity index (χ0v) is 12.6. The van der Waals surface area contributed by atoms with E-state index in [1.54, 1.807) is 12.1 Å². The van der Waals surface area contributed by atoms with E-state index < -0.39 is 0 Å². The molecular formula is C16H21N3O2. The van der Waals surface area contributed by atoms with Gasteiger partial charge in [-0.3, -0.25) is 9.59 Å². The van der Waals surface area contributed by atoms with Gasteiger partial charge in [0, 0.05) is 17.2 Å². The first-order chi connectivity index (χ1) is 9.93. The molecule has 0 saturated carbocycles. The average molecular weight is 287 g/mol. The third-order valence-electron chi connectivity index (χ3n) is 2.68. The van der Waals surface area contributed by atoms with Crippen molar-refractivity contribution in [2.75, 3.05) is 13.1 Å². The van der Waals surface area contributed by atoms with Gasteiger partial charge in [-0.2, -0.15) is 0 Å². The number of carbonyl (C=O) groups excluding carboxylic acids is 2. The summed E-state index contributed by atoms with van der Waals surface area (Å²) in [7, 11) is 0. The number of carbonyl (C=O) groups is 2. The Morgan fingerprint density at radius 2 is 2.05 bits per heavy atom. The average Bonchev–Trinajstić information content (AvgIpc) is 2.43. The molecule has 0 fully saturated rings. The van der Waals surface area contributed by atoms with Crippen molar-refractivity contribution in [3.05, 3.63) is 34.9 Å². The fourth-order valence-electron chi connectivity index (χ4n) is 1.68. The van der Waals surface area contributed by atoms with Crippen LogP contribution in [-0.2, 0) is 4.79 Å². The van der Waals surface area contributed by atoms with Gasteiger partial charge in [0.15, 0.2) is 0 Å². The highest BCUT2D eigenvalue weighted by Gasteiger charge is 2.09. The Morgan fingerprint density at radius 1 is 1.33 bits per heavy atom. The van der Waals surface area contributed by atoms with Gasteiger partial charge < -0.3 is 16.4 Å². The summed E-state index contributed by atoms with van der Waals surface area (Å²) in [5, 5.41) is 5.29. The number of benzene rings is 1. The van der Waals surface area contributed by atoms with Crippen molar-refractivity contribution in [2.45, 2.75) is 26.8 Å². The Balaban J connectivity index is 2.72. The van der Waals surface area contributed by atoms with Crippen molar-refractivity contribution in [2.24, 2.45) is 5.73 Å². The van der Waals surface area contributed by atoms with E-state index in [1.165, 1.54) is 0 Å². The number of hydrogen-bond acceptors (Lipinski definition) is 3. The van der Waals surface area contributed by atoms with Crippen molar-refractivity contribution in [3.8, 4) is 11.8 Å². The van der Waals surface area contributed by atoms with Crippen LogP contribution in [0.25, 0.3) is 0 Å². The first-order valence-electron chi connectivity index (χ1n) is 6.81. The van der Waals surface area contributed by atoms with E-state index in [4.69, 9.17) is 5.73 Å². The van der Waals surface area contributed by atoms with E-state index in [1.807, 2.05) is 26.8 Å². The summed E-state index contributed by atoms with van der Waals surface area (Å²) in [6.45, 7) is 5.86. The van der Waals surface area contributed by atoms with Gasteiger partial charge in [0.25, 0.3) is 5.91 Å². The molecule has 0 unspecified atom stereocenters. The number of aryl methyl sites for hydroxylation is 1. The Hall–Kier alpha value is -2.32. The third kappa shape index (κ3) is 5.67. The summed E-state index contributed by atoms with van der Waals surface area (Å²) < 4.78 is 0. The number of amides is 2. The van der Waals surface area contributed by atoms with Gasteiger partial charge in [0.1, 0.15) is 0 Å².